The molecule has 2 nitrogen and oxygen atoms in total. The van der Waals surface area contributed by atoms with E-state index in [0.717, 1.165) is 24.3 Å². The Labute approximate surface area is 131 Å². The molecule has 0 N–H and O–H groups in total. The summed E-state index contributed by atoms with van der Waals surface area (Å²) in [6, 6.07) is 6.67. The molecule has 1 amide bonds. The average Bonchev–Trinajstić information content (AvgIpc) is 2.52. The molecule has 0 aliphatic rings. The van der Waals surface area contributed by atoms with E-state index >= 15 is 0 Å². The predicted octanol–water partition coefficient (Wildman–Crippen LogP) is 4.23. The molecule has 23 heavy (non-hydrogen) atoms. The van der Waals surface area contributed by atoms with Crippen molar-refractivity contribution in [3.05, 3.63) is 65.2 Å². The minimum absolute atomic E-state index is 0.0396. The molecule has 0 bridgehead atoms. The van der Waals surface area contributed by atoms with E-state index < -0.39 is 23.3 Å². The zero-order valence-corrected chi connectivity index (χ0v) is 12.5. The average molecular weight is 325 g/mol. The van der Waals surface area contributed by atoms with Gasteiger partial charge >= 0.3 is 0 Å². The fraction of sp³-hybridized carbons (Fsp3) is 0.235. The van der Waals surface area contributed by atoms with Crippen LogP contribution in [0.3, 0.4) is 0 Å². The van der Waals surface area contributed by atoms with E-state index in [0.29, 0.717) is 5.56 Å². The van der Waals surface area contributed by atoms with Crippen molar-refractivity contribution in [2.45, 2.75) is 19.8 Å². The van der Waals surface area contributed by atoms with Crippen molar-refractivity contribution < 1.29 is 22.4 Å². The van der Waals surface area contributed by atoms with Gasteiger partial charge in [0.2, 0.25) is 5.91 Å². The summed E-state index contributed by atoms with van der Waals surface area (Å²) in [6.45, 7) is 1.98. The molecule has 2 aromatic rings. The highest BCUT2D eigenvalue weighted by Gasteiger charge is 2.16. The molecule has 0 aromatic heterocycles. The van der Waals surface area contributed by atoms with E-state index in [4.69, 9.17) is 0 Å². The fourth-order valence-electron chi connectivity index (χ4n) is 2.24. The number of carbonyl (C=O) groups is 1. The van der Waals surface area contributed by atoms with Crippen molar-refractivity contribution in [1.82, 2.24) is 0 Å². The number of hydrogen-bond acceptors (Lipinski definition) is 1. The van der Waals surface area contributed by atoms with Crippen molar-refractivity contribution in [3.8, 4) is 0 Å². The van der Waals surface area contributed by atoms with E-state index in [2.05, 4.69) is 0 Å². The van der Waals surface area contributed by atoms with Crippen LogP contribution >= 0.6 is 0 Å². The minimum Gasteiger partial charge on any atom is -0.313 e. The SMILES string of the molecule is CCN(C(=O)CCc1ccc(F)c(F)c1)c1ccc(F)c(F)c1. The summed E-state index contributed by atoms with van der Waals surface area (Å²) in [5.41, 5.74) is 0.736. The molecule has 0 heterocycles. The molecule has 0 saturated heterocycles. The number of halogens is 4. The Morgan fingerprint density at radius 3 is 2.09 bits per heavy atom. The van der Waals surface area contributed by atoms with Crippen LogP contribution in [0.25, 0.3) is 0 Å². The topological polar surface area (TPSA) is 20.3 Å². The molecule has 2 aromatic carbocycles. The van der Waals surface area contributed by atoms with Crippen LogP contribution in [0, 0.1) is 23.3 Å². The highest BCUT2D eigenvalue weighted by atomic mass is 19.2. The van der Waals surface area contributed by atoms with Gasteiger partial charge in [0.05, 0.1) is 0 Å². The van der Waals surface area contributed by atoms with Gasteiger partial charge in [-0.3, -0.25) is 4.79 Å². The number of anilines is 1. The van der Waals surface area contributed by atoms with Crippen molar-refractivity contribution in [2.24, 2.45) is 0 Å². The summed E-state index contributed by atoms with van der Waals surface area (Å²) >= 11 is 0. The lowest BCUT2D eigenvalue weighted by Crippen LogP contribution is -2.30. The Hall–Kier alpha value is -2.37. The maximum Gasteiger partial charge on any atom is 0.227 e. The van der Waals surface area contributed by atoms with Gasteiger partial charge in [0.1, 0.15) is 0 Å². The lowest BCUT2D eigenvalue weighted by molar-refractivity contribution is -0.118. The number of hydrogen-bond donors (Lipinski definition) is 0. The van der Waals surface area contributed by atoms with Gasteiger partial charge in [0, 0.05) is 24.7 Å². The van der Waals surface area contributed by atoms with Gasteiger partial charge in [-0.1, -0.05) is 6.07 Å². The van der Waals surface area contributed by atoms with Crippen LogP contribution in [0.2, 0.25) is 0 Å². The molecule has 0 atom stereocenters. The summed E-state index contributed by atoms with van der Waals surface area (Å²) in [5, 5.41) is 0. The Balaban J connectivity index is 2.07. The highest BCUT2D eigenvalue weighted by molar-refractivity contribution is 5.93. The number of carbonyl (C=O) groups excluding carboxylic acids is 1. The molecule has 122 valence electrons. The minimum atomic E-state index is -1.03. The molecule has 0 aliphatic carbocycles. The first-order chi connectivity index (χ1) is 10.9. The fourth-order valence-corrected chi connectivity index (χ4v) is 2.24. The molecule has 0 aliphatic heterocycles. The third-order valence-electron chi connectivity index (χ3n) is 3.44. The van der Waals surface area contributed by atoms with Crippen molar-refractivity contribution in [1.29, 1.82) is 0 Å². The van der Waals surface area contributed by atoms with Crippen LogP contribution in [-0.4, -0.2) is 12.5 Å². The Morgan fingerprint density at radius 2 is 1.52 bits per heavy atom. The molecule has 0 saturated carbocycles. The first kappa shape index (κ1) is 17.0. The second kappa shape index (κ2) is 7.26. The summed E-state index contributed by atoms with van der Waals surface area (Å²) in [7, 11) is 0. The second-order valence-corrected chi connectivity index (χ2v) is 4.98. The van der Waals surface area contributed by atoms with Crippen molar-refractivity contribution in [3.63, 3.8) is 0 Å². The third-order valence-corrected chi connectivity index (χ3v) is 3.44. The summed E-state index contributed by atoms with van der Waals surface area (Å²) in [4.78, 5) is 13.5. The van der Waals surface area contributed by atoms with Crippen LogP contribution in [0.1, 0.15) is 18.9 Å². The van der Waals surface area contributed by atoms with Gasteiger partial charge in [-0.2, -0.15) is 0 Å². The Bertz CT molecular complexity index is 718. The standard InChI is InChI=1S/C17H15F4NO/c1-2-22(12-5-7-14(19)16(21)10-12)17(23)8-4-11-3-6-13(18)15(20)9-11/h3,5-7,9-10H,2,4,8H2,1H3. The van der Waals surface area contributed by atoms with Crippen molar-refractivity contribution >= 4 is 11.6 Å². The van der Waals surface area contributed by atoms with Gasteiger partial charge in [-0.25, -0.2) is 17.6 Å². The zero-order chi connectivity index (χ0) is 17.0. The number of benzene rings is 2. The molecule has 0 fully saturated rings. The van der Waals surface area contributed by atoms with Crippen LogP contribution in [0.4, 0.5) is 23.2 Å². The maximum absolute atomic E-state index is 13.3. The van der Waals surface area contributed by atoms with E-state index in [9.17, 15) is 22.4 Å². The normalized spacial score (nSPS) is 10.7. The molecule has 0 radical (unpaired) electrons. The van der Waals surface area contributed by atoms with E-state index in [1.807, 2.05) is 0 Å². The summed E-state index contributed by atoms with van der Waals surface area (Å²) in [6.07, 6.45) is 0.258. The first-order valence-corrected chi connectivity index (χ1v) is 7.11. The third kappa shape index (κ3) is 4.09. The molecular formula is C17H15F4NO. The predicted molar refractivity (Wildman–Crippen MR) is 79.1 cm³/mol. The Kier molecular flexibility index (Phi) is 5.36. The van der Waals surface area contributed by atoms with Crippen LogP contribution in [-0.2, 0) is 11.2 Å². The highest BCUT2D eigenvalue weighted by Crippen LogP contribution is 2.19. The summed E-state index contributed by atoms with van der Waals surface area (Å²) in [5.74, 6) is -4.25. The van der Waals surface area contributed by atoms with E-state index in [-0.39, 0.29) is 31.0 Å². The second-order valence-electron chi connectivity index (χ2n) is 4.98. The number of amides is 1. The first-order valence-electron chi connectivity index (χ1n) is 7.11. The number of aryl methyl sites for hydroxylation is 1. The zero-order valence-electron chi connectivity index (χ0n) is 12.5. The molecule has 6 heteroatoms. The molecular weight excluding hydrogens is 310 g/mol. The Morgan fingerprint density at radius 1 is 0.913 bits per heavy atom. The lowest BCUT2D eigenvalue weighted by Gasteiger charge is -2.21. The van der Waals surface area contributed by atoms with Crippen LogP contribution < -0.4 is 4.90 Å². The largest absolute Gasteiger partial charge is 0.313 e. The van der Waals surface area contributed by atoms with Gasteiger partial charge in [-0.15, -0.1) is 0 Å². The monoisotopic (exact) mass is 325 g/mol. The van der Waals surface area contributed by atoms with Crippen LogP contribution in [0.15, 0.2) is 36.4 Å². The van der Waals surface area contributed by atoms with Gasteiger partial charge < -0.3 is 4.90 Å². The summed E-state index contributed by atoms with van der Waals surface area (Å²) < 4.78 is 52.2. The molecule has 2 rings (SSSR count). The molecule has 0 unspecified atom stereocenters. The number of rotatable bonds is 5. The lowest BCUT2D eigenvalue weighted by atomic mass is 10.1. The molecule has 0 spiro atoms. The maximum atomic E-state index is 13.3. The van der Waals surface area contributed by atoms with Crippen LogP contribution in [0.5, 0.6) is 0 Å². The van der Waals surface area contributed by atoms with E-state index in [1.165, 1.54) is 17.0 Å². The van der Waals surface area contributed by atoms with Gasteiger partial charge in [-0.05, 0) is 43.2 Å². The van der Waals surface area contributed by atoms with Gasteiger partial charge in [0.15, 0.2) is 23.3 Å². The number of nitrogens with zero attached hydrogens (tertiary/aromatic N) is 1. The quantitative estimate of drug-likeness (QED) is 0.754. The van der Waals surface area contributed by atoms with Gasteiger partial charge in [0.25, 0.3) is 0 Å². The van der Waals surface area contributed by atoms with Crippen molar-refractivity contribution in [2.75, 3.05) is 11.4 Å². The van der Waals surface area contributed by atoms with E-state index in [1.54, 1.807) is 6.92 Å². The smallest absolute Gasteiger partial charge is 0.227 e.